The molecule has 1 fully saturated rings. The molecule has 1 aromatic carbocycles. The number of morpholine rings is 1. The minimum Gasteiger partial charge on any atom is -0.404 e. The third-order valence-electron chi connectivity index (χ3n) is 2.78. The second-order valence-corrected chi connectivity index (χ2v) is 4.20. The van der Waals surface area contributed by atoms with Crippen LogP contribution in [0.4, 0.5) is 18.9 Å². The maximum absolute atomic E-state index is 12.1. The van der Waals surface area contributed by atoms with Crippen LogP contribution in [0.2, 0.25) is 0 Å². The molecule has 0 bridgehead atoms. The van der Waals surface area contributed by atoms with Crippen molar-refractivity contribution in [1.82, 2.24) is 4.90 Å². The first-order valence-corrected chi connectivity index (χ1v) is 5.89. The second-order valence-electron chi connectivity index (χ2n) is 4.20. The number of anilines is 1. The van der Waals surface area contributed by atoms with Gasteiger partial charge in [0.15, 0.2) is 5.75 Å². The molecular formula is C12H13F3N2O3. The summed E-state index contributed by atoms with van der Waals surface area (Å²) in [6, 6.07) is 3.48. The van der Waals surface area contributed by atoms with Gasteiger partial charge in [-0.3, -0.25) is 4.79 Å². The Labute approximate surface area is 113 Å². The molecular weight excluding hydrogens is 277 g/mol. The molecule has 0 spiro atoms. The minimum absolute atomic E-state index is 0.221. The molecule has 0 saturated carbocycles. The molecule has 5 nitrogen and oxygen atoms in total. The quantitative estimate of drug-likeness (QED) is 0.841. The SMILES string of the molecule is Nc1cc(C(=O)N2CCOCC2)ccc1OC(F)(F)F. The summed E-state index contributed by atoms with van der Waals surface area (Å²) < 4.78 is 45.2. The van der Waals surface area contributed by atoms with Gasteiger partial charge in [0.05, 0.1) is 18.9 Å². The third kappa shape index (κ3) is 3.53. The summed E-state index contributed by atoms with van der Waals surface area (Å²) in [5.74, 6) is -0.811. The molecule has 0 atom stereocenters. The van der Waals surface area contributed by atoms with Crippen LogP contribution in [-0.4, -0.2) is 43.5 Å². The van der Waals surface area contributed by atoms with Crippen LogP contribution < -0.4 is 10.5 Å². The van der Waals surface area contributed by atoms with E-state index in [1.807, 2.05) is 0 Å². The Bertz CT molecular complexity index is 499. The van der Waals surface area contributed by atoms with E-state index in [4.69, 9.17) is 10.5 Å². The van der Waals surface area contributed by atoms with E-state index in [9.17, 15) is 18.0 Å². The number of hydrogen-bond donors (Lipinski definition) is 1. The van der Waals surface area contributed by atoms with Gasteiger partial charge in [-0.25, -0.2) is 0 Å². The number of benzene rings is 1. The number of ether oxygens (including phenoxy) is 2. The van der Waals surface area contributed by atoms with Crippen LogP contribution in [0.1, 0.15) is 10.4 Å². The average molecular weight is 290 g/mol. The molecule has 1 aromatic rings. The summed E-state index contributed by atoms with van der Waals surface area (Å²) in [5.41, 5.74) is 5.46. The number of nitrogen functional groups attached to an aromatic ring is 1. The van der Waals surface area contributed by atoms with E-state index in [-0.39, 0.29) is 17.2 Å². The van der Waals surface area contributed by atoms with Crippen LogP contribution in [0.15, 0.2) is 18.2 Å². The van der Waals surface area contributed by atoms with Crippen LogP contribution in [0.25, 0.3) is 0 Å². The lowest BCUT2D eigenvalue weighted by molar-refractivity contribution is -0.274. The fourth-order valence-electron chi connectivity index (χ4n) is 1.85. The van der Waals surface area contributed by atoms with Gasteiger partial charge in [-0.1, -0.05) is 0 Å². The molecule has 8 heteroatoms. The molecule has 0 radical (unpaired) electrons. The van der Waals surface area contributed by atoms with Gasteiger partial charge in [0.1, 0.15) is 0 Å². The third-order valence-corrected chi connectivity index (χ3v) is 2.78. The predicted octanol–water partition coefficient (Wildman–Crippen LogP) is 1.64. The summed E-state index contributed by atoms with van der Waals surface area (Å²) in [4.78, 5) is 13.7. The Morgan fingerprint density at radius 1 is 1.30 bits per heavy atom. The molecule has 20 heavy (non-hydrogen) atoms. The maximum atomic E-state index is 12.1. The average Bonchev–Trinajstić information content (AvgIpc) is 2.40. The monoisotopic (exact) mass is 290 g/mol. The zero-order valence-corrected chi connectivity index (χ0v) is 10.4. The molecule has 1 heterocycles. The molecule has 1 aliphatic heterocycles. The highest BCUT2D eigenvalue weighted by Gasteiger charge is 2.32. The van der Waals surface area contributed by atoms with E-state index in [1.54, 1.807) is 4.90 Å². The first-order chi connectivity index (χ1) is 9.37. The second kappa shape index (κ2) is 5.58. The van der Waals surface area contributed by atoms with Crippen LogP contribution in [0.3, 0.4) is 0 Å². The molecule has 1 aliphatic rings. The lowest BCUT2D eigenvalue weighted by Gasteiger charge is -2.27. The normalized spacial score (nSPS) is 16.1. The Morgan fingerprint density at radius 2 is 1.95 bits per heavy atom. The van der Waals surface area contributed by atoms with Crippen molar-refractivity contribution in [1.29, 1.82) is 0 Å². The number of nitrogens with two attached hydrogens (primary N) is 1. The maximum Gasteiger partial charge on any atom is 0.573 e. The van der Waals surface area contributed by atoms with Crippen molar-refractivity contribution < 1.29 is 27.4 Å². The van der Waals surface area contributed by atoms with Crippen LogP contribution >= 0.6 is 0 Å². The van der Waals surface area contributed by atoms with Crippen molar-refractivity contribution in [2.45, 2.75) is 6.36 Å². The molecule has 1 saturated heterocycles. The van der Waals surface area contributed by atoms with Crippen molar-refractivity contribution in [2.24, 2.45) is 0 Å². The molecule has 0 unspecified atom stereocenters. The van der Waals surface area contributed by atoms with E-state index >= 15 is 0 Å². The van der Waals surface area contributed by atoms with Crippen LogP contribution in [0.5, 0.6) is 5.75 Å². The Balaban J connectivity index is 2.13. The van der Waals surface area contributed by atoms with E-state index < -0.39 is 12.1 Å². The van der Waals surface area contributed by atoms with Crippen molar-refractivity contribution >= 4 is 11.6 Å². The summed E-state index contributed by atoms with van der Waals surface area (Å²) in [6.45, 7) is 1.77. The topological polar surface area (TPSA) is 64.8 Å². The zero-order chi connectivity index (χ0) is 14.8. The van der Waals surface area contributed by atoms with Crippen LogP contribution in [0, 0.1) is 0 Å². The number of hydrogen-bond acceptors (Lipinski definition) is 4. The molecule has 1 amide bonds. The lowest BCUT2D eigenvalue weighted by atomic mass is 10.1. The number of amides is 1. The van der Waals surface area contributed by atoms with Crippen molar-refractivity contribution in [3.8, 4) is 5.75 Å². The van der Waals surface area contributed by atoms with E-state index in [1.165, 1.54) is 12.1 Å². The largest absolute Gasteiger partial charge is 0.573 e. The highest BCUT2D eigenvalue weighted by Crippen LogP contribution is 2.29. The minimum atomic E-state index is -4.82. The summed E-state index contributed by atoms with van der Waals surface area (Å²) in [5, 5.41) is 0. The first-order valence-electron chi connectivity index (χ1n) is 5.89. The highest BCUT2D eigenvalue weighted by molar-refractivity contribution is 5.95. The highest BCUT2D eigenvalue weighted by atomic mass is 19.4. The number of halogens is 3. The van der Waals surface area contributed by atoms with Gasteiger partial charge in [-0.2, -0.15) is 0 Å². The smallest absolute Gasteiger partial charge is 0.404 e. The van der Waals surface area contributed by atoms with Crippen molar-refractivity contribution in [3.63, 3.8) is 0 Å². The van der Waals surface area contributed by atoms with Crippen molar-refractivity contribution in [3.05, 3.63) is 23.8 Å². The molecule has 2 N–H and O–H groups in total. The number of nitrogens with zero attached hydrogens (tertiary/aromatic N) is 1. The van der Waals surface area contributed by atoms with Gasteiger partial charge >= 0.3 is 6.36 Å². The standard InChI is InChI=1S/C12H13F3N2O3/c13-12(14,15)20-10-2-1-8(7-9(10)16)11(18)17-3-5-19-6-4-17/h1-2,7H,3-6,16H2. The van der Waals surface area contributed by atoms with Gasteiger partial charge in [-0.05, 0) is 18.2 Å². The summed E-state index contributed by atoms with van der Waals surface area (Å²) in [7, 11) is 0. The van der Waals surface area contributed by atoms with Crippen LogP contribution in [-0.2, 0) is 4.74 Å². The van der Waals surface area contributed by atoms with Gasteiger partial charge < -0.3 is 20.1 Å². The predicted molar refractivity (Wildman–Crippen MR) is 64.3 cm³/mol. The lowest BCUT2D eigenvalue weighted by Crippen LogP contribution is -2.40. The molecule has 0 aliphatic carbocycles. The Morgan fingerprint density at radius 3 is 2.50 bits per heavy atom. The molecule has 2 rings (SSSR count). The Kier molecular flexibility index (Phi) is 4.03. The van der Waals surface area contributed by atoms with Gasteiger partial charge in [0.25, 0.3) is 5.91 Å². The number of carbonyl (C=O) groups is 1. The molecule has 110 valence electrons. The van der Waals surface area contributed by atoms with Gasteiger partial charge in [0.2, 0.25) is 0 Å². The summed E-state index contributed by atoms with van der Waals surface area (Å²) >= 11 is 0. The van der Waals surface area contributed by atoms with E-state index in [0.29, 0.717) is 26.3 Å². The molecule has 0 aromatic heterocycles. The van der Waals surface area contributed by atoms with E-state index in [2.05, 4.69) is 4.74 Å². The van der Waals surface area contributed by atoms with E-state index in [0.717, 1.165) is 6.07 Å². The number of alkyl halides is 3. The first kappa shape index (κ1) is 14.4. The zero-order valence-electron chi connectivity index (χ0n) is 10.4. The number of rotatable bonds is 2. The Hall–Kier alpha value is -1.96. The van der Waals surface area contributed by atoms with Gasteiger partial charge in [0, 0.05) is 18.7 Å². The van der Waals surface area contributed by atoms with Crippen molar-refractivity contribution in [2.75, 3.05) is 32.0 Å². The summed E-state index contributed by atoms with van der Waals surface area (Å²) in [6.07, 6.45) is -4.82. The fourth-order valence-corrected chi connectivity index (χ4v) is 1.85. The fraction of sp³-hybridized carbons (Fsp3) is 0.417. The number of carbonyl (C=O) groups excluding carboxylic acids is 1. The van der Waals surface area contributed by atoms with Gasteiger partial charge in [-0.15, -0.1) is 13.2 Å².